The maximum atomic E-state index is 13.8. The normalized spacial score (nSPS) is 16.7. The molecular weight excluding hydrogens is 526 g/mol. The highest BCUT2D eigenvalue weighted by Gasteiger charge is 2.40. The number of benzene rings is 2. The summed E-state index contributed by atoms with van der Waals surface area (Å²) in [6, 6.07) is 13.9. The van der Waals surface area contributed by atoms with Gasteiger partial charge in [-0.15, -0.1) is 11.8 Å². The quantitative estimate of drug-likeness (QED) is 0.464. The Hall–Kier alpha value is -3.50. The fraction of sp³-hybridized carbons (Fsp3) is 0.433. The van der Waals surface area contributed by atoms with Crippen molar-refractivity contribution in [3.05, 3.63) is 64.8 Å². The summed E-state index contributed by atoms with van der Waals surface area (Å²) in [6.07, 6.45) is 0. The summed E-state index contributed by atoms with van der Waals surface area (Å²) in [4.78, 5) is 30.6. The molecule has 0 saturated heterocycles. The summed E-state index contributed by atoms with van der Waals surface area (Å²) in [5.74, 6) is 1.92. The number of carbonyl (C=O) groups excluding carboxylic acids is 2. The van der Waals surface area contributed by atoms with Gasteiger partial charge in [-0.1, -0.05) is 45.0 Å². The molecule has 0 bridgehead atoms. The van der Waals surface area contributed by atoms with Crippen LogP contribution in [0.1, 0.15) is 48.4 Å². The Kier molecular flexibility index (Phi) is 7.83. The van der Waals surface area contributed by atoms with Crippen molar-refractivity contribution in [1.29, 1.82) is 0 Å². The van der Waals surface area contributed by atoms with Crippen LogP contribution >= 0.6 is 11.8 Å². The van der Waals surface area contributed by atoms with Crippen molar-refractivity contribution in [2.45, 2.75) is 38.4 Å². The number of anilines is 1. The van der Waals surface area contributed by atoms with Crippen LogP contribution in [0.25, 0.3) is 5.69 Å². The highest BCUT2D eigenvalue weighted by atomic mass is 32.2. The third kappa shape index (κ3) is 5.55. The first-order valence-electron chi connectivity index (χ1n) is 13.5. The minimum Gasteiger partial charge on any atom is -0.454 e. The third-order valence-electron chi connectivity index (χ3n) is 7.03. The molecule has 212 valence electrons. The molecule has 1 atom stereocenters. The summed E-state index contributed by atoms with van der Waals surface area (Å²) >= 11 is 1.55. The number of para-hydroxylation sites is 1. The number of nitrogens with one attached hydrogen (secondary N) is 1. The minimum atomic E-state index is -0.333. The maximum absolute atomic E-state index is 13.8. The molecule has 2 aliphatic rings. The predicted molar refractivity (Wildman–Crippen MR) is 158 cm³/mol. The smallest absolute Gasteiger partial charge is 0.240 e. The van der Waals surface area contributed by atoms with Gasteiger partial charge in [-0.2, -0.15) is 5.10 Å². The van der Waals surface area contributed by atoms with E-state index in [-0.39, 0.29) is 41.6 Å². The first kappa shape index (κ1) is 28.0. The van der Waals surface area contributed by atoms with Crippen molar-refractivity contribution in [3.63, 3.8) is 0 Å². The summed E-state index contributed by atoms with van der Waals surface area (Å²) in [7, 11) is 3.91. The molecule has 1 N–H and O–H groups in total. The Bertz CT molecular complexity index is 1430. The van der Waals surface area contributed by atoms with E-state index >= 15 is 0 Å². The van der Waals surface area contributed by atoms with Crippen LogP contribution in [-0.4, -0.2) is 72.8 Å². The number of hydrogen-bond donors (Lipinski definition) is 1. The van der Waals surface area contributed by atoms with E-state index in [1.54, 1.807) is 16.7 Å². The molecule has 5 rings (SSSR count). The van der Waals surface area contributed by atoms with Crippen LogP contribution in [0.15, 0.2) is 42.5 Å². The Morgan fingerprint density at radius 2 is 1.90 bits per heavy atom. The zero-order valence-corrected chi connectivity index (χ0v) is 24.8. The van der Waals surface area contributed by atoms with Gasteiger partial charge in [0.1, 0.15) is 12.4 Å². The number of nitrogens with zero attached hydrogens (tertiary/aromatic N) is 4. The lowest BCUT2D eigenvalue weighted by molar-refractivity contribution is -0.122. The second kappa shape index (κ2) is 11.2. The molecule has 3 heterocycles. The zero-order valence-electron chi connectivity index (χ0n) is 24.0. The van der Waals surface area contributed by atoms with E-state index in [2.05, 4.69) is 26.1 Å². The Morgan fingerprint density at radius 3 is 2.62 bits per heavy atom. The molecule has 1 unspecified atom stereocenters. The van der Waals surface area contributed by atoms with E-state index in [1.165, 1.54) is 0 Å². The molecule has 2 amide bonds. The van der Waals surface area contributed by atoms with Crippen molar-refractivity contribution in [2.24, 2.45) is 0 Å². The van der Waals surface area contributed by atoms with Crippen molar-refractivity contribution in [1.82, 2.24) is 20.0 Å². The first-order valence-corrected chi connectivity index (χ1v) is 14.5. The lowest BCUT2D eigenvalue weighted by Gasteiger charge is -2.25. The van der Waals surface area contributed by atoms with Gasteiger partial charge in [0.2, 0.25) is 18.6 Å². The second-order valence-electron chi connectivity index (χ2n) is 11.5. The van der Waals surface area contributed by atoms with Crippen molar-refractivity contribution >= 4 is 29.4 Å². The molecule has 2 aliphatic heterocycles. The van der Waals surface area contributed by atoms with Crippen LogP contribution in [0.4, 0.5) is 5.82 Å². The van der Waals surface area contributed by atoms with Gasteiger partial charge in [-0.25, -0.2) is 4.68 Å². The zero-order chi connectivity index (χ0) is 28.6. The van der Waals surface area contributed by atoms with Crippen LogP contribution in [-0.2, 0) is 15.0 Å². The maximum Gasteiger partial charge on any atom is 0.240 e. The molecule has 0 fully saturated rings. The number of thioether (sulfide) groups is 1. The largest absolute Gasteiger partial charge is 0.454 e. The summed E-state index contributed by atoms with van der Waals surface area (Å²) in [5, 5.41) is 7.94. The van der Waals surface area contributed by atoms with E-state index in [0.717, 1.165) is 28.1 Å². The number of rotatable bonds is 7. The Morgan fingerprint density at radius 1 is 1.15 bits per heavy atom. The molecule has 1 aromatic heterocycles. The lowest BCUT2D eigenvalue weighted by atomic mass is 9.87. The highest BCUT2D eigenvalue weighted by Crippen LogP contribution is 2.50. The van der Waals surface area contributed by atoms with E-state index in [0.29, 0.717) is 30.4 Å². The second-order valence-corrected chi connectivity index (χ2v) is 12.6. The number of fused-ring (bicyclic) bond motifs is 2. The number of carbonyl (C=O) groups is 2. The van der Waals surface area contributed by atoms with Gasteiger partial charge in [0.15, 0.2) is 11.5 Å². The Labute approximate surface area is 239 Å². The van der Waals surface area contributed by atoms with Crippen LogP contribution in [0.3, 0.4) is 0 Å². The number of ether oxygens (including phenoxy) is 2. The number of likely N-dealkylation sites (N-methyl/N-ethyl adjacent to an activating group) is 1. The molecule has 0 radical (unpaired) electrons. The van der Waals surface area contributed by atoms with Crippen LogP contribution in [0.2, 0.25) is 0 Å². The first-order chi connectivity index (χ1) is 19.0. The number of hydrogen-bond acceptors (Lipinski definition) is 7. The molecule has 10 heteroatoms. The standard InChI is InChI=1S/C30H37N5O4S/c1-19-9-7-8-10-21(19)35-29-26(28(32-35)30(2,3)4)27(20-11-12-22-23(15-20)39-18-38-22)40-17-25(37)34(29)16-24(36)31-13-14-33(5)6/h7-12,15,27H,13-14,16-18H2,1-6H3,(H,31,36). The van der Waals surface area contributed by atoms with Crippen molar-refractivity contribution in [3.8, 4) is 17.2 Å². The van der Waals surface area contributed by atoms with Gasteiger partial charge in [0.05, 0.1) is 22.4 Å². The minimum absolute atomic E-state index is 0.0885. The van der Waals surface area contributed by atoms with Crippen molar-refractivity contribution < 1.29 is 19.1 Å². The molecule has 0 saturated carbocycles. The Balaban J connectivity index is 1.69. The van der Waals surface area contributed by atoms with E-state index in [9.17, 15) is 9.59 Å². The fourth-order valence-corrected chi connectivity index (χ4v) is 6.19. The van der Waals surface area contributed by atoms with Gasteiger partial charge in [0, 0.05) is 24.1 Å². The fourth-order valence-electron chi connectivity index (χ4n) is 5.00. The van der Waals surface area contributed by atoms with Gasteiger partial charge in [0.25, 0.3) is 0 Å². The van der Waals surface area contributed by atoms with Crippen LogP contribution in [0, 0.1) is 6.92 Å². The summed E-state index contributed by atoms with van der Waals surface area (Å²) in [5.41, 5.74) is 4.37. The monoisotopic (exact) mass is 563 g/mol. The number of aromatic nitrogens is 2. The van der Waals surface area contributed by atoms with E-state index in [4.69, 9.17) is 14.6 Å². The molecule has 9 nitrogen and oxygen atoms in total. The molecule has 0 aliphatic carbocycles. The number of amides is 2. The molecule has 0 spiro atoms. The van der Waals surface area contributed by atoms with Crippen molar-refractivity contribution in [2.75, 3.05) is 51.2 Å². The van der Waals surface area contributed by atoms with Crippen LogP contribution < -0.4 is 19.7 Å². The summed E-state index contributed by atoms with van der Waals surface area (Å²) in [6.45, 7) is 9.73. The topological polar surface area (TPSA) is 88.9 Å². The molecule has 3 aromatic rings. The predicted octanol–water partition coefficient (Wildman–Crippen LogP) is 4.05. The van der Waals surface area contributed by atoms with Crippen LogP contribution in [0.5, 0.6) is 11.5 Å². The average molecular weight is 564 g/mol. The average Bonchev–Trinajstić information content (AvgIpc) is 3.49. The molecule has 2 aromatic carbocycles. The number of aryl methyl sites for hydroxylation is 1. The van der Waals surface area contributed by atoms with Gasteiger partial charge in [-0.3, -0.25) is 14.5 Å². The van der Waals surface area contributed by atoms with Gasteiger partial charge < -0.3 is 19.7 Å². The van der Waals surface area contributed by atoms with E-state index in [1.807, 2.05) is 73.1 Å². The molecular formula is C30H37N5O4S. The summed E-state index contributed by atoms with van der Waals surface area (Å²) < 4.78 is 13.1. The SMILES string of the molecule is Cc1ccccc1-n1nc(C(C)(C)C)c2c1N(CC(=O)NCCN(C)C)C(=O)CSC2c1ccc2c(c1)OCO2. The van der Waals surface area contributed by atoms with Gasteiger partial charge in [-0.05, 0) is 50.3 Å². The van der Waals surface area contributed by atoms with Gasteiger partial charge >= 0.3 is 0 Å². The highest BCUT2D eigenvalue weighted by molar-refractivity contribution is 8.00. The third-order valence-corrected chi connectivity index (χ3v) is 8.28. The van der Waals surface area contributed by atoms with E-state index < -0.39 is 0 Å². The lowest BCUT2D eigenvalue weighted by Crippen LogP contribution is -2.43. The molecule has 40 heavy (non-hydrogen) atoms.